The molecule has 2 aliphatic rings. The molecule has 4 rings (SSSR count). The number of aromatic nitrogens is 2. The highest BCUT2D eigenvalue weighted by Crippen LogP contribution is 2.40. The predicted octanol–water partition coefficient (Wildman–Crippen LogP) is 4.05. The van der Waals surface area contributed by atoms with E-state index in [1.54, 1.807) is 4.68 Å². The second kappa shape index (κ2) is 7.36. The van der Waals surface area contributed by atoms with E-state index in [1.807, 2.05) is 14.0 Å². The van der Waals surface area contributed by atoms with E-state index in [2.05, 4.69) is 48.2 Å². The molecule has 0 bridgehead atoms. The predicted molar refractivity (Wildman–Crippen MR) is 113 cm³/mol. The average molecular weight is 381 g/mol. The molecule has 0 saturated carbocycles. The van der Waals surface area contributed by atoms with Crippen LogP contribution in [0.4, 0.5) is 5.82 Å². The van der Waals surface area contributed by atoms with Gasteiger partial charge in [0, 0.05) is 31.5 Å². The van der Waals surface area contributed by atoms with E-state index in [0.717, 1.165) is 24.0 Å². The molecule has 3 heterocycles. The van der Waals surface area contributed by atoms with Gasteiger partial charge in [0.25, 0.3) is 0 Å². The Labute approximate surface area is 168 Å². The van der Waals surface area contributed by atoms with Crippen molar-refractivity contribution in [2.24, 2.45) is 13.0 Å². The smallest absolute Gasteiger partial charge is 0.226 e. The normalized spacial score (nSPS) is 20.9. The lowest BCUT2D eigenvalue weighted by Crippen LogP contribution is -2.32. The number of hydrogen-bond donors (Lipinski definition) is 1. The highest BCUT2D eigenvalue weighted by Gasteiger charge is 2.32. The fraction of sp³-hybridized carbons (Fsp3) is 0.565. The van der Waals surface area contributed by atoms with Crippen LogP contribution in [0.15, 0.2) is 12.1 Å². The van der Waals surface area contributed by atoms with Crippen molar-refractivity contribution in [1.82, 2.24) is 14.7 Å². The molecule has 1 aromatic heterocycles. The van der Waals surface area contributed by atoms with Crippen LogP contribution in [0.25, 0.3) is 0 Å². The second-order valence-corrected chi connectivity index (χ2v) is 8.87. The van der Waals surface area contributed by atoms with E-state index in [4.69, 9.17) is 0 Å². The third-order valence-electron chi connectivity index (χ3n) is 6.63. The maximum absolute atomic E-state index is 12.4. The van der Waals surface area contributed by atoms with Crippen LogP contribution in [-0.4, -0.2) is 33.7 Å². The topological polar surface area (TPSA) is 50.2 Å². The number of piperidine rings is 1. The molecule has 1 amide bonds. The Kier molecular flexibility index (Phi) is 5.04. The van der Waals surface area contributed by atoms with Crippen molar-refractivity contribution >= 4 is 11.7 Å². The van der Waals surface area contributed by atoms with Crippen molar-refractivity contribution in [3.8, 4) is 0 Å². The standard InChI is InChI=1S/C23H32N4O/c1-14-6-8-27(9-7-14)13-18-11-19(16(3)10-15(18)2)20-12-21(28)24-23-22(20)17(4)25-26(23)5/h10-11,14,20H,6-9,12-13H2,1-5H3,(H,24,28). The Morgan fingerprint density at radius 2 is 1.86 bits per heavy atom. The summed E-state index contributed by atoms with van der Waals surface area (Å²) in [6.45, 7) is 12.2. The minimum atomic E-state index is 0.0760. The van der Waals surface area contributed by atoms with Crippen LogP contribution in [0, 0.1) is 26.7 Å². The van der Waals surface area contributed by atoms with E-state index >= 15 is 0 Å². The number of aryl methyl sites for hydroxylation is 4. The fourth-order valence-corrected chi connectivity index (χ4v) is 4.90. The Balaban J connectivity index is 1.70. The van der Waals surface area contributed by atoms with Gasteiger partial charge in [-0.25, -0.2) is 0 Å². The monoisotopic (exact) mass is 380 g/mol. The van der Waals surface area contributed by atoms with Gasteiger partial charge < -0.3 is 5.32 Å². The van der Waals surface area contributed by atoms with Gasteiger partial charge in [-0.2, -0.15) is 5.10 Å². The molecular formula is C23H32N4O. The van der Waals surface area contributed by atoms with Crippen molar-refractivity contribution in [3.05, 3.63) is 45.6 Å². The molecule has 5 heteroatoms. The molecule has 1 saturated heterocycles. The van der Waals surface area contributed by atoms with Gasteiger partial charge in [0.2, 0.25) is 5.91 Å². The molecule has 1 fully saturated rings. The number of nitrogens with one attached hydrogen (secondary N) is 1. The minimum absolute atomic E-state index is 0.0760. The summed E-state index contributed by atoms with van der Waals surface area (Å²) in [6.07, 6.45) is 3.07. The van der Waals surface area contributed by atoms with E-state index < -0.39 is 0 Å². The van der Waals surface area contributed by atoms with Gasteiger partial charge in [0.15, 0.2) is 0 Å². The molecule has 1 atom stereocenters. The summed E-state index contributed by atoms with van der Waals surface area (Å²) in [7, 11) is 1.90. The summed E-state index contributed by atoms with van der Waals surface area (Å²) in [5, 5.41) is 7.58. The molecular weight excluding hydrogens is 348 g/mol. The van der Waals surface area contributed by atoms with Gasteiger partial charge >= 0.3 is 0 Å². The van der Waals surface area contributed by atoms with Crippen LogP contribution >= 0.6 is 0 Å². The summed E-state index contributed by atoms with van der Waals surface area (Å²) in [5.74, 6) is 1.86. The number of benzene rings is 1. The summed E-state index contributed by atoms with van der Waals surface area (Å²) < 4.78 is 1.80. The van der Waals surface area contributed by atoms with E-state index in [0.29, 0.717) is 6.42 Å². The molecule has 150 valence electrons. The molecule has 1 N–H and O–H groups in total. The third-order valence-corrected chi connectivity index (χ3v) is 6.63. The van der Waals surface area contributed by atoms with Crippen molar-refractivity contribution in [3.63, 3.8) is 0 Å². The number of carbonyl (C=O) groups is 1. The number of anilines is 1. The maximum Gasteiger partial charge on any atom is 0.226 e. The number of rotatable bonds is 3. The lowest BCUT2D eigenvalue weighted by atomic mass is 9.82. The first-order valence-corrected chi connectivity index (χ1v) is 10.5. The van der Waals surface area contributed by atoms with Crippen molar-refractivity contribution in [2.75, 3.05) is 18.4 Å². The van der Waals surface area contributed by atoms with Gasteiger partial charge in [-0.1, -0.05) is 19.1 Å². The highest BCUT2D eigenvalue weighted by molar-refractivity contribution is 5.94. The summed E-state index contributed by atoms with van der Waals surface area (Å²) in [4.78, 5) is 15.0. The fourth-order valence-electron chi connectivity index (χ4n) is 4.90. The molecule has 1 unspecified atom stereocenters. The van der Waals surface area contributed by atoms with E-state index in [1.165, 1.54) is 53.7 Å². The van der Waals surface area contributed by atoms with Crippen LogP contribution in [0.5, 0.6) is 0 Å². The lowest BCUT2D eigenvalue weighted by Gasteiger charge is -2.31. The van der Waals surface area contributed by atoms with Crippen LogP contribution < -0.4 is 5.32 Å². The number of fused-ring (bicyclic) bond motifs is 1. The number of amides is 1. The third kappa shape index (κ3) is 3.48. The molecule has 0 spiro atoms. The SMILES string of the molecule is Cc1cc(C)c(C2CC(=O)Nc3c2c(C)nn3C)cc1CN1CCC(C)CC1. The first kappa shape index (κ1) is 19.2. The van der Waals surface area contributed by atoms with Crippen LogP contribution in [0.2, 0.25) is 0 Å². The highest BCUT2D eigenvalue weighted by atomic mass is 16.1. The molecule has 5 nitrogen and oxygen atoms in total. The van der Waals surface area contributed by atoms with Crippen molar-refractivity contribution < 1.29 is 4.79 Å². The second-order valence-electron chi connectivity index (χ2n) is 8.87. The number of hydrogen-bond acceptors (Lipinski definition) is 3. The number of nitrogens with zero attached hydrogens (tertiary/aromatic N) is 3. The van der Waals surface area contributed by atoms with Gasteiger partial charge in [-0.3, -0.25) is 14.4 Å². The zero-order valence-electron chi connectivity index (χ0n) is 17.8. The van der Waals surface area contributed by atoms with Gasteiger partial charge in [0.1, 0.15) is 5.82 Å². The zero-order valence-corrected chi connectivity index (χ0v) is 17.8. The van der Waals surface area contributed by atoms with Crippen molar-refractivity contribution in [2.45, 2.75) is 59.4 Å². The molecule has 28 heavy (non-hydrogen) atoms. The lowest BCUT2D eigenvalue weighted by molar-refractivity contribution is -0.116. The average Bonchev–Trinajstić information content (AvgIpc) is 2.92. The summed E-state index contributed by atoms with van der Waals surface area (Å²) >= 11 is 0. The van der Waals surface area contributed by atoms with E-state index in [9.17, 15) is 4.79 Å². The maximum atomic E-state index is 12.4. The zero-order chi connectivity index (χ0) is 20.0. The Hall–Kier alpha value is -2.14. The van der Waals surface area contributed by atoms with Crippen LogP contribution in [0.3, 0.4) is 0 Å². The molecule has 1 aromatic carbocycles. The van der Waals surface area contributed by atoms with Gasteiger partial charge in [-0.05, 0) is 74.9 Å². The van der Waals surface area contributed by atoms with Crippen molar-refractivity contribution in [1.29, 1.82) is 0 Å². The molecule has 0 aliphatic carbocycles. The Morgan fingerprint density at radius 3 is 2.57 bits per heavy atom. The first-order chi connectivity index (χ1) is 13.3. The Bertz CT molecular complexity index is 906. The largest absolute Gasteiger partial charge is 0.311 e. The molecule has 0 radical (unpaired) electrons. The van der Waals surface area contributed by atoms with Crippen LogP contribution in [-0.2, 0) is 18.4 Å². The summed E-state index contributed by atoms with van der Waals surface area (Å²) in [6, 6.07) is 4.66. The van der Waals surface area contributed by atoms with E-state index in [-0.39, 0.29) is 11.8 Å². The van der Waals surface area contributed by atoms with Gasteiger partial charge in [0.05, 0.1) is 5.69 Å². The van der Waals surface area contributed by atoms with Gasteiger partial charge in [-0.15, -0.1) is 0 Å². The summed E-state index contributed by atoms with van der Waals surface area (Å²) in [5.41, 5.74) is 7.47. The quantitative estimate of drug-likeness (QED) is 0.874. The Morgan fingerprint density at radius 1 is 1.14 bits per heavy atom. The first-order valence-electron chi connectivity index (χ1n) is 10.5. The minimum Gasteiger partial charge on any atom is -0.311 e. The molecule has 2 aromatic rings. The van der Waals surface area contributed by atoms with Crippen LogP contribution in [0.1, 0.15) is 65.6 Å². The number of carbonyl (C=O) groups excluding carboxylic acids is 1. The molecule has 2 aliphatic heterocycles. The number of likely N-dealkylation sites (tertiary alicyclic amines) is 1.